The molecule has 0 aliphatic heterocycles. The van der Waals surface area contributed by atoms with Crippen molar-refractivity contribution in [1.82, 2.24) is 10.3 Å². The summed E-state index contributed by atoms with van der Waals surface area (Å²) in [6, 6.07) is 0. The molecule has 0 aliphatic rings. The Labute approximate surface area is 172 Å². The van der Waals surface area contributed by atoms with Crippen LogP contribution in [0.2, 0.25) is 0 Å². The van der Waals surface area contributed by atoms with Gasteiger partial charge in [-0.05, 0) is 20.8 Å². The van der Waals surface area contributed by atoms with E-state index in [2.05, 4.69) is 27.0 Å². The van der Waals surface area contributed by atoms with E-state index in [9.17, 15) is 14.8 Å². The van der Waals surface area contributed by atoms with Crippen molar-refractivity contribution in [3.05, 3.63) is 23.0 Å². The van der Waals surface area contributed by atoms with Crippen molar-refractivity contribution in [3.8, 4) is 30.4 Å². The summed E-state index contributed by atoms with van der Waals surface area (Å²) in [4.78, 5) is 33.4. The summed E-state index contributed by atoms with van der Waals surface area (Å²) in [6.07, 6.45) is 12.6. The topological polar surface area (TPSA) is 97.8 Å². The third kappa shape index (κ3) is 6.23. The highest BCUT2D eigenvalue weighted by Crippen LogP contribution is 2.28. The van der Waals surface area contributed by atoms with E-state index >= 15 is 0 Å². The molecule has 0 bridgehead atoms. The maximum Gasteiger partial charge on any atom is 0.312 e. The smallest absolute Gasteiger partial charge is 0.312 e. The Balaban J connectivity index is 3.06. The summed E-state index contributed by atoms with van der Waals surface area (Å²) in [5.74, 6) is 4.31. The van der Waals surface area contributed by atoms with Gasteiger partial charge in [0.25, 0.3) is 0 Å². The molecule has 2 N–H and O–H groups in total. The fraction of sp³-hybridized carbons (Fsp3) is 0.500. The van der Waals surface area contributed by atoms with Crippen LogP contribution in [0.1, 0.15) is 57.4 Å². The van der Waals surface area contributed by atoms with Gasteiger partial charge in [-0.2, -0.15) is 0 Å². The molecule has 1 heterocycles. The first kappa shape index (κ1) is 24.0. The minimum Gasteiger partial charge on any atom is -0.460 e. The summed E-state index contributed by atoms with van der Waals surface area (Å²) in [5, 5.41) is 12.1. The van der Waals surface area contributed by atoms with Crippen molar-refractivity contribution in [2.45, 2.75) is 60.6 Å². The molecular weight excluding hydrogens is 372 g/mol. The molecule has 0 aromatic carbocycles. The van der Waals surface area contributed by atoms with E-state index in [1.165, 1.54) is 6.20 Å². The number of nitrogens with one attached hydrogen (secondary N) is 1. The maximum atomic E-state index is 12.5. The van der Waals surface area contributed by atoms with Crippen LogP contribution in [0.5, 0.6) is 5.75 Å². The van der Waals surface area contributed by atoms with Gasteiger partial charge in [-0.1, -0.05) is 13.8 Å². The van der Waals surface area contributed by atoms with Gasteiger partial charge in [0, 0.05) is 36.7 Å². The van der Waals surface area contributed by atoms with Crippen molar-refractivity contribution in [3.63, 3.8) is 0 Å². The van der Waals surface area contributed by atoms with E-state index < -0.39 is 16.8 Å². The minimum atomic E-state index is -0.836. The van der Waals surface area contributed by atoms with E-state index in [-0.39, 0.29) is 37.6 Å². The van der Waals surface area contributed by atoms with Gasteiger partial charge in [-0.3, -0.25) is 14.6 Å². The largest absolute Gasteiger partial charge is 0.460 e. The number of hydrogen-bond donors (Lipinski definition) is 2. The molecule has 1 aromatic heterocycles. The zero-order valence-electron chi connectivity index (χ0n) is 17.6. The standard InChI is InChI=1S/C22H28N2O5/c1-8-10-21(4,5)19(25)24-13-17-16(12-23-15(3)18(17)29-27)14-28-20(26)22(6,7)11-9-2/h1-2,12,27H,10-11,13-14H2,3-7H3,(H,24,25). The lowest BCUT2D eigenvalue weighted by Gasteiger charge is -2.23. The first-order valence-electron chi connectivity index (χ1n) is 9.11. The normalized spacial score (nSPS) is 11.2. The second kappa shape index (κ2) is 9.95. The molecule has 7 heteroatoms. The summed E-state index contributed by atoms with van der Waals surface area (Å²) >= 11 is 0. The van der Waals surface area contributed by atoms with Crippen LogP contribution in [-0.2, 0) is 27.5 Å². The lowest BCUT2D eigenvalue weighted by atomic mass is 9.88. The second-order valence-corrected chi connectivity index (χ2v) is 8.06. The molecule has 156 valence electrons. The lowest BCUT2D eigenvalue weighted by Crippen LogP contribution is -2.36. The Kier molecular flexibility index (Phi) is 8.24. The molecule has 0 fully saturated rings. The van der Waals surface area contributed by atoms with Gasteiger partial charge < -0.3 is 14.9 Å². The van der Waals surface area contributed by atoms with E-state index in [0.29, 0.717) is 16.8 Å². The molecule has 0 saturated carbocycles. The van der Waals surface area contributed by atoms with Gasteiger partial charge in [0.15, 0.2) is 5.75 Å². The summed E-state index contributed by atoms with van der Waals surface area (Å²) in [7, 11) is 0. The zero-order valence-corrected chi connectivity index (χ0v) is 17.6. The first-order valence-corrected chi connectivity index (χ1v) is 9.11. The highest BCUT2D eigenvalue weighted by Gasteiger charge is 2.30. The average molecular weight is 400 g/mol. The van der Waals surface area contributed by atoms with Gasteiger partial charge in [0.05, 0.1) is 16.5 Å². The van der Waals surface area contributed by atoms with Crippen molar-refractivity contribution in [2.24, 2.45) is 10.8 Å². The molecule has 0 unspecified atom stereocenters. The number of carbonyl (C=O) groups excluding carboxylic acids is 2. The van der Waals surface area contributed by atoms with Crippen LogP contribution in [0.15, 0.2) is 6.20 Å². The fourth-order valence-corrected chi connectivity index (χ4v) is 2.52. The molecule has 1 rings (SSSR count). The third-order valence-corrected chi connectivity index (χ3v) is 4.54. The maximum absolute atomic E-state index is 12.5. The van der Waals surface area contributed by atoms with Gasteiger partial charge in [-0.15, -0.1) is 24.7 Å². The predicted molar refractivity (Wildman–Crippen MR) is 108 cm³/mol. The molecule has 7 nitrogen and oxygen atoms in total. The van der Waals surface area contributed by atoms with E-state index in [0.717, 1.165) is 0 Å². The molecule has 29 heavy (non-hydrogen) atoms. The van der Waals surface area contributed by atoms with Crippen LogP contribution in [0.3, 0.4) is 0 Å². The number of ether oxygens (including phenoxy) is 1. The van der Waals surface area contributed by atoms with Crippen LogP contribution in [0, 0.1) is 42.4 Å². The molecule has 0 aliphatic carbocycles. The SMILES string of the molecule is C#CCC(C)(C)C(=O)NCc1c(COC(=O)C(C)(C)CC#C)cnc(C)c1OO. The number of esters is 1. The minimum absolute atomic E-state index is 0.0344. The Morgan fingerprint density at radius 1 is 1.17 bits per heavy atom. The summed E-state index contributed by atoms with van der Waals surface area (Å²) in [6.45, 7) is 8.42. The third-order valence-electron chi connectivity index (χ3n) is 4.54. The van der Waals surface area contributed by atoms with Gasteiger partial charge in [0.1, 0.15) is 6.61 Å². The molecule has 0 atom stereocenters. The molecule has 0 radical (unpaired) electrons. The van der Waals surface area contributed by atoms with Crippen molar-refractivity contribution >= 4 is 11.9 Å². The first-order chi connectivity index (χ1) is 13.5. The van der Waals surface area contributed by atoms with E-state index in [1.807, 2.05) is 0 Å². The number of carbonyl (C=O) groups is 2. The van der Waals surface area contributed by atoms with Crippen LogP contribution >= 0.6 is 0 Å². The Morgan fingerprint density at radius 3 is 2.31 bits per heavy atom. The Bertz CT molecular complexity index is 844. The Hall–Kier alpha value is -3.03. The quantitative estimate of drug-likeness (QED) is 0.286. The lowest BCUT2D eigenvalue weighted by molar-refractivity contribution is -0.155. The van der Waals surface area contributed by atoms with Crippen LogP contribution in [-0.4, -0.2) is 22.1 Å². The van der Waals surface area contributed by atoms with Crippen molar-refractivity contribution < 1.29 is 24.5 Å². The molecule has 0 saturated heterocycles. The fourth-order valence-electron chi connectivity index (χ4n) is 2.52. The van der Waals surface area contributed by atoms with Gasteiger partial charge in [-0.25, -0.2) is 5.26 Å². The van der Waals surface area contributed by atoms with Crippen molar-refractivity contribution in [2.75, 3.05) is 0 Å². The summed E-state index contributed by atoms with van der Waals surface area (Å²) in [5.41, 5.74) is -0.242. The zero-order chi connectivity index (χ0) is 22.2. The number of aromatic nitrogens is 1. The highest BCUT2D eigenvalue weighted by atomic mass is 17.1. The van der Waals surface area contributed by atoms with E-state index in [1.54, 1.807) is 34.6 Å². The Morgan fingerprint density at radius 2 is 1.76 bits per heavy atom. The summed E-state index contributed by atoms with van der Waals surface area (Å²) < 4.78 is 5.39. The highest BCUT2D eigenvalue weighted by molar-refractivity contribution is 5.82. The van der Waals surface area contributed by atoms with Crippen LogP contribution < -0.4 is 10.2 Å². The molecule has 1 amide bonds. The molecular formula is C22H28N2O5. The van der Waals surface area contributed by atoms with Crippen LogP contribution in [0.25, 0.3) is 0 Å². The van der Waals surface area contributed by atoms with Crippen molar-refractivity contribution in [1.29, 1.82) is 0 Å². The predicted octanol–water partition coefficient (Wildman–Crippen LogP) is 3.00. The second-order valence-electron chi connectivity index (χ2n) is 8.06. The van der Waals surface area contributed by atoms with Gasteiger partial charge in [0.2, 0.25) is 5.91 Å². The number of pyridine rings is 1. The molecule has 1 aromatic rings. The molecule has 0 spiro atoms. The number of aryl methyl sites for hydroxylation is 1. The number of nitrogens with zero attached hydrogens (tertiary/aromatic N) is 1. The van der Waals surface area contributed by atoms with Gasteiger partial charge >= 0.3 is 5.97 Å². The number of amides is 1. The number of rotatable bonds is 9. The average Bonchev–Trinajstić information content (AvgIpc) is 2.64. The number of hydrogen-bond acceptors (Lipinski definition) is 6. The van der Waals surface area contributed by atoms with Crippen LogP contribution in [0.4, 0.5) is 0 Å². The monoisotopic (exact) mass is 400 g/mol. The number of terminal acetylenes is 2. The van der Waals surface area contributed by atoms with E-state index in [4.69, 9.17) is 17.6 Å².